The summed E-state index contributed by atoms with van der Waals surface area (Å²) in [5.74, 6) is 0. The standard InChI is InChI=1S/C30H47N3O6/c1-21(2)10-8-12-23(5)14-17-32(18-15-24(6)13-9-11-22(3)4)38-20-25-27(35)28(37-7)29(39-25)33-19-16-26(34)31-30(33)36/h10-11,14-16,19,25,27-29,35H,8-9,12-13,17-18,20H2,1-7H3,(H,31,34,36)/b23-14+,24-15+/t25-,27?,28?,29-/m1/s1. The lowest BCUT2D eigenvalue weighted by Crippen LogP contribution is -2.39. The number of hydrogen-bond donors (Lipinski definition) is 2. The van der Waals surface area contributed by atoms with Gasteiger partial charge in [0.05, 0.1) is 6.61 Å². The van der Waals surface area contributed by atoms with E-state index in [9.17, 15) is 14.7 Å². The minimum atomic E-state index is -1.02. The highest BCUT2D eigenvalue weighted by Crippen LogP contribution is 2.30. The monoisotopic (exact) mass is 545 g/mol. The second-order valence-electron chi connectivity index (χ2n) is 10.7. The Labute approximate surface area is 232 Å². The third kappa shape index (κ3) is 11.2. The molecule has 0 radical (unpaired) electrons. The molecule has 0 bridgehead atoms. The van der Waals surface area contributed by atoms with Crippen LogP contribution in [0.15, 0.2) is 68.4 Å². The summed E-state index contributed by atoms with van der Waals surface area (Å²) in [5.41, 5.74) is 4.04. The maximum atomic E-state index is 12.3. The van der Waals surface area contributed by atoms with Gasteiger partial charge in [-0.2, -0.15) is 5.06 Å². The number of hydrogen-bond acceptors (Lipinski definition) is 7. The van der Waals surface area contributed by atoms with Crippen molar-refractivity contribution in [3.05, 3.63) is 79.7 Å². The zero-order valence-corrected chi connectivity index (χ0v) is 24.6. The van der Waals surface area contributed by atoms with Crippen LogP contribution in [0.1, 0.15) is 73.5 Å². The number of nitrogens with zero attached hydrogens (tertiary/aromatic N) is 2. The summed E-state index contributed by atoms with van der Waals surface area (Å²) in [7, 11) is 1.45. The summed E-state index contributed by atoms with van der Waals surface area (Å²) < 4.78 is 12.7. The van der Waals surface area contributed by atoms with E-state index in [0.717, 1.165) is 25.7 Å². The van der Waals surface area contributed by atoms with Gasteiger partial charge in [-0.05, 0) is 67.2 Å². The molecule has 4 atom stereocenters. The fourth-order valence-corrected chi connectivity index (χ4v) is 4.22. The number of methoxy groups -OCH3 is 1. The van der Waals surface area contributed by atoms with Crippen LogP contribution in [-0.4, -0.2) is 64.8 Å². The van der Waals surface area contributed by atoms with Gasteiger partial charge >= 0.3 is 5.69 Å². The molecule has 2 N–H and O–H groups in total. The highest BCUT2D eigenvalue weighted by Gasteiger charge is 2.45. The van der Waals surface area contributed by atoms with Gasteiger partial charge in [-0.1, -0.05) is 46.6 Å². The number of ether oxygens (including phenoxy) is 2. The number of nitrogens with one attached hydrogen (secondary N) is 1. The van der Waals surface area contributed by atoms with Crippen molar-refractivity contribution in [3.8, 4) is 0 Å². The zero-order chi connectivity index (χ0) is 28.9. The molecule has 2 heterocycles. The van der Waals surface area contributed by atoms with E-state index < -0.39 is 35.8 Å². The summed E-state index contributed by atoms with van der Waals surface area (Å²) >= 11 is 0. The number of H-pyrrole nitrogens is 1. The van der Waals surface area contributed by atoms with Gasteiger partial charge in [0.15, 0.2) is 6.23 Å². The highest BCUT2D eigenvalue weighted by atomic mass is 16.7. The molecule has 9 nitrogen and oxygen atoms in total. The molecule has 1 saturated heterocycles. The van der Waals surface area contributed by atoms with E-state index in [4.69, 9.17) is 14.3 Å². The Morgan fingerprint density at radius 1 is 1.00 bits per heavy atom. The van der Waals surface area contributed by atoms with Gasteiger partial charge in [-0.15, -0.1) is 0 Å². The number of hydroxylamine groups is 2. The van der Waals surface area contributed by atoms with Gasteiger partial charge in [0.2, 0.25) is 0 Å². The molecule has 0 aliphatic carbocycles. The lowest BCUT2D eigenvalue weighted by Gasteiger charge is -2.23. The third-order valence-electron chi connectivity index (χ3n) is 6.60. The Kier molecular flexibility index (Phi) is 13.8. The van der Waals surface area contributed by atoms with Gasteiger partial charge < -0.3 is 14.6 Å². The molecule has 0 aromatic carbocycles. The summed E-state index contributed by atoms with van der Waals surface area (Å²) in [5, 5.41) is 12.7. The quantitative estimate of drug-likeness (QED) is 0.248. The summed E-state index contributed by atoms with van der Waals surface area (Å²) in [6.07, 6.45) is 10.6. The predicted molar refractivity (Wildman–Crippen MR) is 154 cm³/mol. The van der Waals surface area contributed by atoms with Crippen molar-refractivity contribution in [2.24, 2.45) is 0 Å². The van der Waals surface area contributed by atoms with Crippen LogP contribution in [0.25, 0.3) is 0 Å². The van der Waals surface area contributed by atoms with Crippen LogP contribution in [-0.2, 0) is 14.3 Å². The number of allylic oxidation sites excluding steroid dienone is 6. The predicted octanol–water partition coefficient (Wildman–Crippen LogP) is 4.43. The molecular weight excluding hydrogens is 498 g/mol. The number of aliphatic hydroxyl groups is 1. The van der Waals surface area contributed by atoms with Gasteiger partial charge in [0.25, 0.3) is 5.56 Å². The van der Waals surface area contributed by atoms with E-state index in [-0.39, 0.29) is 6.61 Å². The number of rotatable bonds is 15. The minimum Gasteiger partial charge on any atom is -0.387 e. The first kappa shape index (κ1) is 32.7. The summed E-state index contributed by atoms with van der Waals surface area (Å²) in [6.45, 7) is 13.9. The van der Waals surface area contributed by atoms with Crippen molar-refractivity contribution in [1.29, 1.82) is 0 Å². The Bertz CT molecular complexity index is 1100. The first-order valence-electron chi connectivity index (χ1n) is 13.7. The Hall–Kier alpha value is -2.56. The largest absolute Gasteiger partial charge is 0.387 e. The fourth-order valence-electron chi connectivity index (χ4n) is 4.22. The molecule has 1 aliphatic heterocycles. The Morgan fingerprint density at radius 3 is 2.05 bits per heavy atom. The van der Waals surface area contributed by atoms with E-state index in [0.29, 0.717) is 13.1 Å². The van der Waals surface area contributed by atoms with Crippen molar-refractivity contribution in [2.75, 3.05) is 26.8 Å². The molecule has 1 aliphatic rings. The number of aromatic nitrogens is 2. The van der Waals surface area contributed by atoms with Crippen molar-refractivity contribution in [2.45, 2.75) is 91.8 Å². The first-order chi connectivity index (χ1) is 18.5. The highest BCUT2D eigenvalue weighted by molar-refractivity contribution is 5.05. The molecule has 2 rings (SSSR count). The van der Waals surface area contributed by atoms with Crippen LogP contribution in [0.5, 0.6) is 0 Å². The Morgan fingerprint density at radius 2 is 1.56 bits per heavy atom. The fraction of sp³-hybridized carbons (Fsp3) is 0.600. The lowest BCUT2D eigenvalue weighted by atomic mass is 10.1. The molecule has 9 heteroatoms. The van der Waals surface area contributed by atoms with Crippen molar-refractivity contribution < 1.29 is 19.4 Å². The summed E-state index contributed by atoms with van der Waals surface area (Å²) in [6, 6.07) is 1.23. The van der Waals surface area contributed by atoms with Crippen molar-refractivity contribution >= 4 is 0 Å². The van der Waals surface area contributed by atoms with Crippen molar-refractivity contribution in [3.63, 3.8) is 0 Å². The van der Waals surface area contributed by atoms with E-state index >= 15 is 0 Å². The normalized spacial score (nSPS) is 21.9. The molecular formula is C30H47N3O6. The van der Waals surface area contributed by atoms with Crippen LogP contribution >= 0.6 is 0 Å². The molecule has 1 aromatic heterocycles. The molecule has 0 spiro atoms. The van der Waals surface area contributed by atoms with Crippen LogP contribution in [0, 0.1) is 0 Å². The van der Waals surface area contributed by atoms with Gasteiger partial charge in [0, 0.05) is 32.5 Å². The molecule has 2 unspecified atom stereocenters. The molecule has 1 fully saturated rings. The average Bonchev–Trinajstić information content (AvgIpc) is 3.17. The van der Waals surface area contributed by atoms with Crippen LogP contribution < -0.4 is 11.2 Å². The first-order valence-corrected chi connectivity index (χ1v) is 13.7. The smallest absolute Gasteiger partial charge is 0.330 e. The minimum absolute atomic E-state index is 0.0743. The number of aromatic amines is 1. The molecule has 1 aromatic rings. The van der Waals surface area contributed by atoms with Gasteiger partial charge in [-0.3, -0.25) is 19.2 Å². The van der Waals surface area contributed by atoms with Crippen LogP contribution in [0.3, 0.4) is 0 Å². The third-order valence-corrected chi connectivity index (χ3v) is 6.60. The zero-order valence-electron chi connectivity index (χ0n) is 24.6. The average molecular weight is 546 g/mol. The van der Waals surface area contributed by atoms with E-state index in [1.165, 1.54) is 46.2 Å². The second-order valence-corrected chi connectivity index (χ2v) is 10.7. The topological polar surface area (TPSA) is 106 Å². The maximum absolute atomic E-state index is 12.3. The van der Waals surface area contributed by atoms with Crippen molar-refractivity contribution in [1.82, 2.24) is 14.6 Å². The van der Waals surface area contributed by atoms with Crippen LogP contribution in [0.2, 0.25) is 0 Å². The Balaban J connectivity index is 2.10. The molecule has 0 amide bonds. The SMILES string of the molecule is COC1C(O)[C@@H](CON(C/C=C(\C)CCC=C(C)C)C/C=C(\C)CCC=C(C)C)O[C@H]1n1ccc(=O)[nH]c1=O. The molecule has 39 heavy (non-hydrogen) atoms. The van der Waals surface area contributed by atoms with E-state index in [2.05, 4.69) is 70.8 Å². The maximum Gasteiger partial charge on any atom is 0.330 e. The van der Waals surface area contributed by atoms with E-state index in [1.54, 1.807) is 0 Å². The summed E-state index contributed by atoms with van der Waals surface area (Å²) in [4.78, 5) is 32.2. The van der Waals surface area contributed by atoms with Gasteiger partial charge in [0.1, 0.15) is 18.3 Å². The number of aliphatic hydroxyl groups excluding tert-OH is 1. The molecule has 0 saturated carbocycles. The van der Waals surface area contributed by atoms with E-state index in [1.807, 2.05) is 5.06 Å². The second kappa shape index (κ2) is 16.5. The molecule has 218 valence electrons. The van der Waals surface area contributed by atoms with Crippen LogP contribution in [0.4, 0.5) is 0 Å². The van der Waals surface area contributed by atoms with Gasteiger partial charge in [-0.25, -0.2) is 4.79 Å². The lowest BCUT2D eigenvalue weighted by molar-refractivity contribution is -0.182.